The van der Waals surface area contributed by atoms with Crippen LogP contribution in [0.1, 0.15) is 41.6 Å². The Hall–Kier alpha value is -2.37. The summed E-state index contributed by atoms with van der Waals surface area (Å²) in [6, 6.07) is 7.00. The fraction of sp³-hybridized carbons (Fsp3) is 0.438. The van der Waals surface area contributed by atoms with Gasteiger partial charge in [-0.3, -0.25) is 20.4 Å². The highest BCUT2D eigenvalue weighted by molar-refractivity contribution is 5.97. The van der Waals surface area contributed by atoms with Crippen LogP contribution < -0.4 is 16.0 Å². The van der Waals surface area contributed by atoms with Gasteiger partial charge in [-0.05, 0) is 31.4 Å². The zero-order valence-electron chi connectivity index (χ0n) is 12.4. The van der Waals surface area contributed by atoms with Crippen LogP contribution in [0.2, 0.25) is 0 Å². The summed E-state index contributed by atoms with van der Waals surface area (Å²) < 4.78 is 0. The molecule has 1 aromatic rings. The molecule has 0 aromatic heterocycles. The summed E-state index contributed by atoms with van der Waals surface area (Å²) in [7, 11) is 0. The first-order chi connectivity index (χ1) is 10.5. The third-order valence-corrected chi connectivity index (χ3v) is 4.09. The Morgan fingerprint density at radius 2 is 1.68 bits per heavy atom. The van der Waals surface area contributed by atoms with Crippen molar-refractivity contribution in [3.63, 3.8) is 0 Å². The Morgan fingerprint density at radius 1 is 1.05 bits per heavy atom. The van der Waals surface area contributed by atoms with Crippen molar-refractivity contribution in [2.45, 2.75) is 32.6 Å². The number of benzene rings is 1. The van der Waals surface area contributed by atoms with Gasteiger partial charge in [0, 0.05) is 23.4 Å². The molecule has 6 heteroatoms. The van der Waals surface area contributed by atoms with E-state index in [1.807, 2.05) is 6.07 Å². The molecular formula is C16H19N2O4-. The Labute approximate surface area is 128 Å². The monoisotopic (exact) mass is 303 g/mol. The predicted octanol–water partition coefficient (Wildman–Crippen LogP) is 0.312. The Kier molecular flexibility index (Phi) is 5.14. The first-order valence-electron chi connectivity index (χ1n) is 7.37. The van der Waals surface area contributed by atoms with E-state index in [9.17, 15) is 19.5 Å². The largest absolute Gasteiger partial charge is 0.550 e. The van der Waals surface area contributed by atoms with E-state index in [-0.39, 0.29) is 0 Å². The molecule has 0 radical (unpaired) electrons. The number of carbonyl (C=O) groups is 3. The molecule has 1 saturated carbocycles. The van der Waals surface area contributed by atoms with Gasteiger partial charge in [0.05, 0.1) is 0 Å². The number of rotatable bonds is 3. The van der Waals surface area contributed by atoms with E-state index in [4.69, 9.17) is 0 Å². The van der Waals surface area contributed by atoms with Crippen LogP contribution in [-0.4, -0.2) is 17.8 Å². The lowest BCUT2D eigenvalue weighted by Crippen LogP contribution is -2.49. The molecule has 118 valence electrons. The van der Waals surface area contributed by atoms with Crippen molar-refractivity contribution >= 4 is 17.8 Å². The number of aryl methyl sites for hydroxylation is 1. The summed E-state index contributed by atoms with van der Waals surface area (Å²) in [5, 5.41) is 11.1. The molecular weight excluding hydrogens is 284 g/mol. The van der Waals surface area contributed by atoms with Crippen LogP contribution in [0.15, 0.2) is 24.3 Å². The number of hydrazine groups is 1. The topological polar surface area (TPSA) is 98.3 Å². The van der Waals surface area contributed by atoms with Gasteiger partial charge in [-0.2, -0.15) is 0 Å². The highest BCUT2D eigenvalue weighted by Crippen LogP contribution is 2.29. The summed E-state index contributed by atoms with van der Waals surface area (Å²) >= 11 is 0. The molecule has 6 nitrogen and oxygen atoms in total. The minimum atomic E-state index is -1.20. The molecule has 0 saturated heterocycles. The smallest absolute Gasteiger partial charge is 0.269 e. The van der Waals surface area contributed by atoms with Crippen molar-refractivity contribution in [2.75, 3.05) is 0 Å². The molecule has 2 rings (SSSR count). The molecule has 1 aliphatic carbocycles. The quantitative estimate of drug-likeness (QED) is 0.785. The van der Waals surface area contributed by atoms with Gasteiger partial charge >= 0.3 is 0 Å². The molecule has 2 N–H and O–H groups in total. The van der Waals surface area contributed by atoms with Crippen LogP contribution in [-0.2, 0) is 9.59 Å². The lowest BCUT2D eigenvalue weighted by Gasteiger charge is -2.31. The first kappa shape index (κ1) is 16.0. The summed E-state index contributed by atoms with van der Waals surface area (Å²) in [5.41, 5.74) is 5.93. The van der Waals surface area contributed by atoms with Gasteiger partial charge in [-0.25, -0.2) is 0 Å². The fourth-order valence-corrected chi connectivity index (χ4v) is 2.83. The summed E-state index contributed by atoms with van der Waals surface area (Å²) in [4.78, 5) is 35.2. The van der Waals surface area contributed by atoms with Gasteiger partial charge in [0.1, 0.15) is 0 Å². The minimum absolute atomic E-state index is 0.424. The molecule has 0 bridgehead atoms. The molecule has 0 unspecified atom stereocenters. The normalized spacial score (nSPS) is 21.0. The summed E-state index contributed by atoms with van der Waals surface area (Å²) in [6.45, 7) is 1.80. The number of carboxylic acid groups (broad SMARTS) is 1. The van der Waals surface area contributed by atoms with E-state index in [1.54, 1.807) is 25.1 Å². The molecule has 0 aliphatic heterocycles. The van der Waals surface area contributed by atoms with E-state index in [0.717, 1.165) is 18.4 Å². The van der Waals surface area contributed by atoms with Gasteiger partial charge in [0.15, 0.2) is 0 Å². The maximum absolute atomic E-state index is 12.1. The molecule has 2 atom stereocenters. The van der Waals surface area contributed by atoms with Crippen LogP contribution in [0, 0.1) is 18.8 Å². The van der Waals surface area contributed by atoms with Crippen molar-refractivity contribution in [3.05, 3.63) is 35.4 Å². The number of carboxylic acids is 1. The average molecular weight is 303 g/mol. The fourth-order valence-electron chi connectivity index (χ4n) is 2.83. The van der Waals surface area contributed by atoms with Crippen LogP contribution in [0.3, 0.4) is 0 Å². The Morgan fingerprint density at radius 3 is 2.32 bits per heavy atom. The second-order valence-corrected chi connectivity index (χ2v) is 5.57. The number of carbonyl (C=O) groups excluding carboxylic acids is 3. The minimum Gasteiger partial charge on any atom is -0.550 e. The van der Waals surface area contributed by atoms with Crippen LogP contribution >= 0.6 is 0 Å². The van der Waals surface area contributed by atoms with Gasteiger partial charge in [0.2, 0.25) is 5.91 Å². The van der Waals surface area contributed by atoms with Crippen LogP contribution in [0.25, 0.3) is 0 Å². The first-order valence-corrected chi connectivity index (χ1v) is 7.37. The van der Waals surface area contributed by atoms with Crippen molar-refractivity contribution in [1.82, 2.24) is 10.9 Å². The third kappa shape index (κ3) is 3.63. The molecule has 1 fully saturated rings. The SMILES string of the molecule is Cc1ccccc1C(=O)NNC(=O)[C@@H]1CCCC[C@H]1C(=O)[O-]. The second-order valence-electron chi connectivity index (χ2n) is 5.57. The zero-order valence-corrected chi connectivity index (χ0v) is 12.4. The van der Waals surface area contributed by atoms with E-state index >= 15 is 0 Å². The molecule has 22 heavy (non-hydrogen) atoms. The third-order valence-electron chi connectivity index (χ3n) is 4.09. The predicted molar refractivity (Wildman–Crippen MR) is 77.2 cm³/mol. The number of hydrogen-bond donors (Lipinski definition) is 2. The second kappa shape index (κ2) is 7.06. The average Bonchev–Trinajstić information content (AvgIpc) is 2.52. The molecule has 2 amide bonds. The van der Waals surface area contributed by atoms with Crippen molar-refractivity contribution in [2.24, 2.45) is 11.8 Å². The maximum Gasteiger partial charge on any atom is 0.269 e. The Balaban J connectivity index is 1.96. The van der Waals surface area contributed by atoms with Gasteiger partial charge in [-0.15, -0.1) is 0 Å². The molecule has 1 aromatic carbocycles. The molecule has 0 spiro atoms. The number of hydrogen-bond acceptors (Lipinski definition) is 4. The maximum atomic E-state index is 12.1. The lowest BCUT2D eigenvalue weighted by molar-refractivity contribution is -0.314. The van der Waals surface area contributed by atoms with E-state index in [2.05, 4.69) is 10.9 Å². The van der Waals surface area contributed by atoms with Crippen molar-refractivity contribution < 1.29 is 19.5 Å². The lowest BCUT2D eigenvalue weighted by atomic mass is 9.79. The number of amides is 2. The van der Waals surface area contributed by atoms with E-state index < -0.39 is 29.6 Å². The van der Waals surface area contributed by atoms with Crippen LogP contribution in [0.4, 0.5) is 0 Å². The number of nitrogens with one attached hydrogen (secondary N) is 2. The van der Waals surface area contributed by atoms with Crippen LogP contribution in [0.5, 0.6) is 0 Å². The van der Waals surface area contributed by atoms with E-state index in [0.29, 0.717) is 18.4 Å². The standard InChI is InChI=1S/C16H20N2O4/c1-10-6-2-3-7-11(10)14(19)17-18-15(20)12-8-4-5-9-13(12)16(21)22/h2-3,6-7,12-13H,4-5,8-9H2,1H3,(H,17,19)(H,18,20)(H,21,22)/p-1/t12-,13-/m1/s1. The van der Waals surface area contributed by atoms with E-state index in [1.165, 1.54) is 0 Å². The molecule has 1 aliphatic rings. The highest BCUT2D eigenvalue weighted by atomic mass is 16.4. The zero-order chi connectivity index (χ0) is 16.1. The van der Waals surface area contributed by atoms with Crippen molar-refractivity contribution in [3.8, 4) is 0 Å². The molecule has 0 heterocycles. The summed E-state index contributed by atoms with van der Waals surface area (Å²) in [5.74, 6) is -3.55. The highest BCUT2D eigenvalue weighted by Gasteiger charge is 2.32. The number of aliphatic carboxylic acids is 1. The van der Waals surface area contributed by atoms with Gasteiger partial charge in [0.25, 0.3) is 5.91 Å². The summed E-state index contributed by atoms with van der Waals surface area (Å²) in [6.07, 6.45) is 2.50. The van der Waals surface area contributed by atoms with Crippen molar-refractivity contribution in [1.29, 1.82) is 0 Å². The Bertz CT molecular complexity index is 585. The van der Waals surface area contributed by atoms with Gasteiger partial charge in [-0.1, -0.05) is 31.0 Å². The van der Waals surface area contributed by atoms with Gasteiger partial charge < -0.3 is 9.90 Å².